The molecular weight excluding hydrogens is 310 g/mol. The highest BCUT2D eigenvalue weighted by Gasteiger charge is 2.38. The van der Waals surface area contributed by atoms with Gasteiger partial charge in [-0.05, 0) is 26.0 Å². The third-order valence-electron chi connectivity index (χ3n) is 4.17. The van der Waals surface area contributed by atoms with Crippen LogP contribution < -0.4 is 5.01 Å². The number of para-hydroxylation sites is 1. The Labute approximate surface area is 140 Å². The monoisotopic (exact) mass is 331 g/mol. The van der Waals surface area contributed by atoms with Crippen molar-refractivity contribution in [3.05, 3.63) is 30.3 Å². The van der Waals surface area contributed by atoms with Crippen molar-refractivity contribution < 1.29 is 19.4 Å². The van der Waals surface area contributed by atoms with Crippen LogP contribution in [-0.4, -0.2) is 58.9 Å². The molecule has 1 unspecified atom stereocenters. The topological polar surface area (TPSA) is 82.4 Å². The highest BCUT2D eigenvalue weighted by atomic mass is 16.5. The number of carboxylic acid groups (broad SMARTS) is 1. The fraction of sp³-hybridized carbons (Fsp3) is 0.471. The van der Waals surface area contributed by atoms with Gasteiger partial charge in [-0.2, -0.15) is 5.10 Å². The minimum atomic E-state index is -0.992. The van der Waals surface area contributed by atoms with E-state index in [1.165, 1.54) is 5.01 Å². The lowest BCUT2D eigenvalue weighted by molar-refractivity contribution is -0.138. The van der Waals surface area contributed by atoms with E-state index < -0.39 is 12.0 Å². The van der Waals surface area contributed by atoms with Gasteiger partial charge in [0.2, 0.25) is 0 Å². The minimum Gasteiger partial charge on any atom is -0.480 e. The van der Waals surface area contributed by atoms with E-state index in [0.717, 1.165) is 0 Å². The molecule has 1 aromatic carbocycles. The summed E-state index contributed by atoms with van der Waals surface area (Å²) in [7, 11) is 0. The van der Waals surface area contributed by atoms with Crippen LogP contribution in [0.4, 0.5) is 5.69 Å². The molecule has 7 nitrogen and oxygen atoms in total. The van der Waals surface area contributed by atoms with Crippen molar-refractivity contribution in [1.82, 2.24) is 4.90 Å². The Hall–Kier alpha value is -2.41. The Morgan fingerprint density at radius 2 is 1.79 bits per heavy atom. The van der Waals surface area contributed by atoms with Gasteiger partial charge < -0.3 is 14.7 Å². The molecule has 1 aromatic rings. The fourth-order valence-electron chi connectivity index (χ4n) is 3.18. The van der Waals surface area contributed by atoms with E-state index in [1.807, 2.05) is 32.0 Å². The van der Waals surface area contributed by atoms with Gasteiger partial charge in [0.05, 0.1) is 17.9 Å². The number of carbonyl (C=O) groups excluding carboxylic acids is 1. The number of hydrogen-bond acceptors (Lipinski definition) is 5. The molecular formula is C17H21N3O4. The number of nitrogens with zero attached hydrogens (tertiary/aromatic N) is 3. The van der Waals surface area contributed by atoms with Gasteiger partial charge in [0, 0.05) is 19.5 Å². The zero-order chi connectivity index (χ0) is 17.3. The van der Waals surface area contributed by atoms with Gasteiger partial charge in [0.15, 0.2) is 6.04 Å². The van der Waals surface area contributed by atoms with Gasteiger partial charge in [-0.25, -0.2) is 4.79 Å². The lowest BCUT2D eigenvalue weighted by Gasteiger charge is -2.35. The third-order valence-corrected chi connectivity index (χ3v) is 4.17. The third kappa shape index (κ3) is 3.26. The largest absolute Gasteiger partial charge is 0.480 e. The van der Waals surface area contributed by atoms with Crippen LogP contribution in [0.1, 0.15) is 20.3 Å². The maximum atomic E-state index is 12.8. The summed E-state index contributed by atoms with van der Waals surface area (Å²) < 4.78 is 5.64. The number of morpholine rings is 1. The molecule has 1 amide bonds. The number of ether oxygens (including phenoxy) is 1. The molecule has 3 atom stereocenters. The van der Waals surface area contributed by atoms with Gasteiger partial charge in [0.1, 0.15) is 5.71 Å². The molecule has 24 heavy (non-hydrogen) atoms. The van der Waals surface area contributed by atoms with Crippen LogP contribution in [-0.2, 0) is 14.3 Å². The van der Waals surface area contributed by atoms with Gasteiger partial charge in [-0.3, -0.25) is 9.80 Å². The number of carbonyl (C=O) groups is 2. The van der Waals surface area contributed by atoms with Crippen LogP contribution in [0.2, 0.25) is 0 Å². The van der Waals surface area contributed by atoms with Crippen molar-refractivity contribution in [1.29, 1.82) is 0 Å². The summed E-state index contributed by atoms with van der Waals surface area (Å²) in [5.41, 5.74) is 0.948. The van der Waals surface area contributed by atoms with Crippen molar-refractivity contribution >= 4 is 23.3 Å². The maximum Gasteiger partial charge on any atom is 0.328 e. The molecule has 0 aromatic heterocycles. The molecule has 0 bridgehead atoms. The Kier molecular flexibility index (Phi) is 4.53. The minimum absolute atomic E-state index is 0.0415. The van der Waals surface area contributed by atoms with E-state index in [1.54, 1.807) is 17.0 Å². The normalized spacial score (nSPS) is 27.1. The van der Waals surface area contributed by atoms with E-state index in [-0.39, 0.29) is 30.2 Å². The number of anilines is 1. The van der Waals surface area contributed by atoms with Crippen LogP contribution in [0, 0.1) is 0 Å². The first-order valence-electron chi connectivity index (χ1n) is 8.05. The summed E-state index contributed by atoms with van der Waals surface area (Å²) in [6.07, 6.45) is 0.0174. The summed E-state index contributed by atoms with van der Waals surface area (Å²) in [4.78, 5) is 26.0. The molecule has 0 spiro atoms. The van der Waals surface area contributed by atoms with Crippen LogP contribution >= 0.6 is 0 Å². The summed E-state index contributed by atoms with van der Waals surface area (Å²) in [5.74, 6) is -1.20. The van der Waals surface area contributed by atoms with E-state index >= 15 is 0 Å². The molecule has 2 heterocycles. The van der Waals surface area contributed by atoms with Gasteiger partial charge in [-0.1, -0.05) is 18.2 Å². The highest BCUT2D eigenvalue weighted by Crippen LogP contribution is 2.25. The number of carboxylic acids is 1. The van der Waals surface area contributed by atoms with Crippen molar-refractivity contribution in [2.75, 3.05) is 18.1 Å². The maximum absolute atomic E-state index is 12.8. The fourth-order valence-corrected chi connectivity index (χ4v) is 3.18. The summed E-state index contributed by atoms with van der Waals surface area (Å²) >= 11 is 0. The Balaban J connectivity index is 1.83. The number of amides is 1. The summed E-state index contributed by atoms with van der Waals surface area (Å²) in [6.45, 7) is 4.82. The molecule has 1 N–H and O–H groups in total. The number of hydrogen-bond donors (Lipinski definition) is 1. The van der Waals surface area contributed by atoms with Gasteiger partial charge in [-0.15, -0.1) is 0 Å². The first-order valence-corrected chi connectivity index (χ1v) is 8.05. The Bertz CT molecular complexity index is 651. The second-order valence-corrected chi connectivity index (χ2v) is 6.25. The van der Waals surface area contributed by atoms with Gasteiger partial charge in [0.25, 0.3) is 5.91 Å². The van der Waals surface area contributed by atoms with Crippen molar-refractivity contribution in [3.63, 3.8) is 0 Å². The van der Waals surface area contributed by atoms with E-state index in [0.29, 0.717) is 18.8 Å². The molecule has 0 aliphatic carbocycles. The first kappa shape index (κ1) is 16.4. The molecule has 0 radical (unpaired) electrons. The van der Waals surface area contributed by atoms with E-state index in [4.69, 9.17) is 4.74 Å². The summed E-state index contributed by atoms with van der Waals surface area (Å²) in [6, 6.07) is 8.19. The molecule has 128 valence electrons. The summed E-state index contributed by atoms with van der Waals surface area (Å²) in [5, 5.41) is 15.2. The number of hydrazone groups is 1. The molecule has 1 saturated heterocycles. The van der Waals surface area contributed by atoms with Gasteiger partial charge >= 0.3 is 5.97 Å². The second kappa shape index (κ2) is 6.60. The van der Waals surface area contributed by atoms with Crippen molar-refractivity contribution in [2.24, 2.45) is 5.10 Å². The Morgan fingerprint density at radius 3 is 2.38 bits per heavy atom. The van der Waals surface area contributed by atoms with Crippen molar-refractivity contribution in [3.8, 4) is 0 Å². The zero-order valence-corrected chi connectivity index (χ0v) is 13.8. The molecule has 2 aliphatic rings. The van der Waals surface area contributed by atoms with Crippen LogP contribution in [0.5, 0.6) is 0 Å². The Morgan fingerprint density at radius 1 is 1.17 bits per heavy atom. The number of aliphatic carboxylic acids is 1. The zero-order valence-electron chi connectivity index (χ0n) is 13.8. The average molecular weight is 331 g/mol. The van der Waals surface area contributed by atoms with Crippen molar-refractivity contribution in [2.45, 2.75) is 38.5 Å². The van der Waals surface area contributed by atoms with Crippen LogP contribution in [0.25, 0.3) is 0 Å². The molecule has 1 fully saturated rings. The predicted octanol–water partition coefficient (Wildman–Crippen LogP) is 1.34. The highest BCUT2D eigenvalue weighted by molar-refractivity contribution is 6.40. The lowest BCUT2D eigenvalue weighted by Crippen LogP contribution is -2.50. The number of benzene rings is 1. The van der Waals surface area contributed by atoms with E-state index in [9.17, 15) is 14.7 Å². The predicted molar refractivity (Wildman–Crippen MR) is 89.0 cm³/mol. The lowest BCUT2D eigenvalue weighted by atomic mass is 10.1. The molecule has 2 aliphatic heterocycles. The standard InChI is InChI=1S/C17H21N3O4/c1-11-9-19(10-12(2)24-11)16(21)14-8-15(17(22)23)20(18-14)13-6-4-3-5-7-13/h3-7,11-12,15H,8-10H2,1-2H3,(H,22,23)/t11-,12+,15?. The quantitative estimate of drug-likeness (QED) is 0.904. The molecule has 7 heteroatoms. The average Bonchev–Trinajstić information content (AvgIpc) is 2.99. The first-order chi connectivity index (χ1) is 11.5. The molecule has 3 rings (SSSR count). The van der Waals surface area contributed by atoms with Crippen LogP contribution in [0.15, 0.2) is 35.4 Å². The number of rotatable bonds is 3. The van der Waals surface area contributed by atoms with Crippen LogP contribution in [0.3, 0.4) is 0 Å². The molecule has 0 saturated carbocycles. The second-order valence-electron chi connectivity index (χ2n) is 6.25. The smallest absolute Gasteiger partial charge is 0.328 e. The SMILES string of the molecule is C[C@@H]1CN(C(=O)C2=NN(c3ccccc3)C(C(=O)O)C2)C[C@H](C)O1. The van der Waals surface area contributed by atoms with E-state index in [2.05, 4.69) is 5.10 Å².